The molecule has 6 nitrogen and oxygen atoms in total. The van der Waals surface area contributed by atoms with E-state index in [1.807, 2.05) is 0 Å². The summed E-state index contributed by atoms with van der Waals surface area (Å²) in [5, 5.41) is 2.57. The van der Waals surface area contributed by atoms with Crippen LogP contribution in [0.5, 0.6) is 0 Å². The van der Waals surface area contributed by atoms with Gasteiger partial charge >= 0.3 is 0 Å². The number of hydrogen-bond donors (Lipinski definition) is 2. The molecule has 94 valence electrons. The van der Waals surface area contributed by atoms with Gasteiger partial charge in [-0.05, 0) is 12.1 Å². The number of nitrogens with zero attached hydrogens (tertiary/aromatic N) is 3. The fourth-order valence-corrected chi connectivity index (χ4v) is 1.32. The Morgan fingerprint density at radius 2 is 2.11 bits per heavy atom. The van der Waals surface area contributed by atoms with Crippen LogP contribution in [-0.2, 0) is 0 Å². The van der Waals surface area contributed by atoms with Crippen molar-refractivity contribution in [2.24, 2.45) is 5.73 Å². The van der Waals surface area contributed by atoms with E-state index < -0.39 is 0 Å². The molecule has 0 bridgehead atoms. The molecule has 2 heterocycles. The van der Waals surface area contributed by atoms with Gasteiger partial charge in [-0.15, -0.1) is 0 Å². The lowest BCUT2D eigenvalue weighted by Gasteiger charge is -2.02. The number of amides is 1. The predicted octanol–water partition coefficient (Wildman–Crippen LogP) is 0.434. The molecule has 0 unspecified atom stereocenters. The molecule has 0 aromatic carbocycles. The molecule has 0 saturated carbocycles. The number of nitrogens with two attached hydrogens (primary N) is 1. The Hall–Kier alpha value is -2.78. The third-order valence-corrected chi connectivity index (χ3v) is 2.13. The number of carbonyl (C=O) groups excluding carboxylic acids is 1. The number of pyridine rings is 1. The van der Waals surface area contributed by atoms with Crippen LogP contribution < -0.4 is 11.1 Å². The molecule has 0 fully saturated rings. The monoisotopic (exact) mass is 253 g/mol. The van der Waals surface area contributed by atoms with Crippen molar-refractivity contribution in [1.29, 1.82) is 0 Å². The third kappa shape index (κ3) is 3.59. The summed E-state index contributed by atoms with van der Waals surface area (Å²) in [7, 11) is 0. The molecule has 6 heteroatoms. The van der Waals surface area contributed by atoms with Gasteiger partial charge in [-0.25, -0.2) is 9.97 Å². The summed E-state index contributed by atoms with van der Waals surface area (Å²) in [6, 6.07) is 3.30. The average Bonchev–Trinajstić information content (AvgIpc) is 2.46. The Morgan fingerprint density at radius 1 is 1.32 bits per heavy atom. The average molecular weight is 253 g/mol. The van der Waals surface area contributed by atoms with Gasteiger partial charge in [0.2, 0.25) is 5.95 Å². The molecule has 2 rings (SSSR count). The SMILES string of the molecule is NCC#Cc1cncc(C(=O)Nc2ncccn2)c1. The number of nitrogens with one attached hydrogen (secondary N) is 1. The van der Waals surface area contributed by atoms with Crippen LogP contribution in [0.15, 0.2) is 36.9 Å². The first-order chi connectivity index (χ1) is 9.29. The van der Waals surface area contributed by atoms with E-state index in [1.54, 1.807) is 30.7 Å². The second-order valence-corrected chi connectivity index (χ2v) is 3.49. The van der Waals surface area contributed by atoms with Crippen LogP contribution in [0.25, 0.3) is 0 Å². The fourth-order valence-electron chi connectivity index (χ4n) is 1.32. The zero-order chi connectivity index (χ0) is 13.5. The molecule has 0 aliphatic heterocycles. The Bertz CT molecular complexity index is 630. The molecule has 2 aromatic heterocycles. The van der Waals surface area contributed by atoms with E-state index in [9.17, 15) is 4.79 Å². The predicted molar refractivity (Wildman–Crippen MR) is 70.2 cm³/mol. The summed E-state index contributed by atoms with van der Waals surface area (Å²) >= 11 is 0. The van der Waals surface area contributed by atoms with E-state index >= 15 is 0 Å². The largest absolute Gasteiger partial charge is 0.320 e. The van der Waals surface area contributed by atoms with E-state index in [-0.39, 0.29) is 18.4 Å². The van der Waals surface area contributed by atoms with Gasteiger partial charge in [-0.3, -0.25) is 15.1 Å². The maximum atomic E-state index is 11.9. The number of anilines is 1. The minimum Gasteiger partial charge on any atom is -0.320 e. The Kier molecular flexibility index (Phi) is 4.16. The topological polar surface area (TPSA) is 93.8 Å². The molecular formula is C13H11N5O. The highest BCUT2D eigenvalue weighted by molar-refractivity contribution is 6.03. The molecule has 3 N–H and O–H groups in total. The van der Waals surface area contributed by atoms with Gasteiger partial charge in [0.05, 0.1) is 12.1 Å². The van der Waals surface area contributed by atoms with Crippen molar-refractivity contribution in [3.63, 3.8) is 0 Å². The minimum absolute atomic E-state index is 0.242. The van der Waals surface area contributed by atoms with Crippen molar-refractivity contribution < 1.29 is 4.79 Å². The summed E-state index contributed by atoms with van der Waals surface area (Å²) in [4.78, 5) is 23.7. The van der Waals surface area contributed by atoms with Crippen molar-refractivity contribution in [3.05, 3.63) is 48.0 Å². The van der Waals surface area contributed by atoms with Gasteiger partial charge in [0, 0.05) is 30.4 Å². The standard InChI is InChI=1S/C13H11N5O/c14-4-1-3-10-7-11(9-15-8-10)12(19)18-13-16-5-2-6-17-13/h2,5-9H,4,14H2,(H,16,17,18,19). The summed E-state index contributed by atoms with van der Waals surface area (Å²) in [6.07, 6.45) is 6.11. The second-order valence-electron chi connectivity index (χ2n) is 3.49. The highest BCUT2D eigenvalue weighted by atomic mass is 16.1. The Balaban J connectivity index is 2.15. The number of carbonyl (C=O) groups is 1. The van der Waals surface area contributed by atoms with E-state index in [4.69, 9.17) is 5.73 Å². The number of rotatable bonds is 2. The maximum absolute atomic E-state index is 11.9. The van der Waals surface area contributed by atoms with Crippen molar-refractivity contribution >= 4 is 11.9 Å². The third-order valence-electron chi connectivity index (χ3n) is 2.13. The molecular weight excluding hydrogens is 242 g/mol. The fraction of sp³-hybridized carbons (Fsp3) is 0.0769. The van der Waals surface area contributed by atoms with Crippen LogP contribution in [0.2, 0.25) is 0 Å². The molecule has 0 aliphatic carbocycles. The first-order valence-electron chi connectivity index (χ1n) is 5.52. The molecule has 0 atom stereocenters. The Morgan fingerprint density at radius 3 is 2.84 bits per heavy atom. The summed E-state index contributed by atoms with van der Waals surface area (Å²) in [6.45, 7) is 0.258. The summed E-state index contributed by atoms with van der Waals surface area (Å²) in [5.41, 5.74) is 6.30. The highest BCUT2D eigenvalue weighted by Gasteiger charge is 2.08. The van der Waals surface area contributed by atoms with Crippen molar-refractivity contribution in [2.45, 2.75) is 0 Å². The lowest BCUT2D eigenvalue weighted by atomic mass is 10.2. The zero-order valence-corrected chi connectivity index (χ0v) is 10.00. The van der Waals surface area contributed by atoms with Crippen molar-refractivity contribution in [2.75, 3.05) is 11.9 Å². The molecule has 1 amide bonds. The van der Waals surface area contributed by atoms with Crippen LogP contribution in [0.3, 0.4) is 0 Å². The quantitative estimate of drug-likeness (QED) is 0.757. The van der Waals surface area contributed by atoms with E-state index in [2.05, 4.69) is 32.1 Å². The molecule has 19 heavy (non-hydrogen) atoms. The first kappa shape index (κ1) is 12.7. The van der Waals surface area contributed by atoms with E-state index in [0.717, 1.165) is 0 Å². The van der Waals surface area contributed by atoms with Gasteiger partial charge in [-0.1, -0.05) is 11.8 Å². The smallest absolute Gasteiger partial charge is 0.259 e. The van der Waals surface area contributed by atoms with Crippen LogP contribution in [0, 0.1) is 11.8 Å². The van der Waals surface area contributed by atoms with Crippen molar-refractivity contribution in [1.82, 2.24) is 15.0 Å². The lowest BCUT2D eigenvalue weighted by Crippen LogP contribution is -2.14. The van der Waals surface area contributed by atoms with E-state index in [0.29, 0.717) is 11.1 Å². The van der Waals surface area contributed by atoms with Gasteiger partial charge in [0.25, 0.3) is 5.91 Å². The van der Waals surface area contributed by atoms with Gasteiger partial charge in [0.15, 0.2) is 0 Å². The van der Waals surface area contributed by atoms with Gasteiger partial charge in [0.1, 0.15) is 0 Å². The number of hydrogen-bond acceptors (Lipinski definition) is 5. The molecule has 2 aromatic rings. The van der Waals surface area contributed by atoms with Crippen LogP contribution in [-0.4, -0.2) is 27.4 Å². The van der Waals surface area contributed by atoms with E-state index in [1.165, 1.54) is 6.20 Å². The second kappa shape index (κ2) is 6.23. The van der Waals surface area contributed by atoms with Crippen molar-refractivity contribution in [3.8, 4) is 11.8 Å². The highest BCUT2D eigenvalue weighted by Crippen LogP contribution is 2.04. The molecule has 0 radical (unpaired) electrons. The molecule has 0 saturated heterocycles. The summed E-state index contributed by atoms with van der Waals surface area (Å²) < 4.78 is 0. The van der Waals surface area contributed by atoms with Gasteiger partial charge in [-0.2, -0.15) is 0 Å². The van der Waals surface area contributed by atoms with Gasteiger partial charge < -0.3 is 5.73 Å². The Labute approximate surface area is 110 Å². The van der Waals surface area contributed by atoms with Crippen LogP contribution >= 0.6 is 0 Å². The minimum atomic E-state index is -0.338. The normalized spacial score (nSPS) is 9.32. The lowest BCUT2D eigenvalue weighted by molar-refractivity contribution is 0.102. The molecule has 0 aliphatic rings. The maximum Gasteiger partial charge on any atom is 0.259 e. The first-order valence-corrected chi connectivity index (χ1v) is 5.52. The summed E-state index contributed by atoms with van der Waals surface area (Å²) in [5.74, 6) is 5.42. The number of aromatic nitrogens is 3. The van der Waals surface area contributed by atoms with Crippen LogP contribution in [0.4, 0.5) is 5.95 Å². The van der Waals surface area contributed by atoms with Crippen LogP contribution in [0.1, 0.15) is 15.9 Å². The zero-order valence-electron chi connectivity index (χ0n) is 10.00. The molecule has 0 spiro atoms.